The Morgan fingerprint density at radius 2 is 1.94 bits per heavy atom. The van der Waals surface area contributed by atoms with Crippen molar-refractivity contribution in [3.63, 3.8) is 0 Å². The van der Waals surface area contributed by atoms with Crippen LogP contribution in [-0.2, 0) is 6.42 Å². The predicted octanol–water partition coefficient (Wildman–Crippen LogP) is 6.00. The standard InChI is InChI=1S/C13H11BrCl2S/c1-8-2-4-9(5-3-8)6-11(15)12-7-10(14)13(16)17-12/h2-5,7,11H,6H2,1H3. The van der Waals surface area contributed by atoms with Gasteiger partial charge in [-0.15, -0.1) is 22.9 Å². The molecule has 0 bridgehead atoms. The fourth-order valence-electron chi connectivity index (χ4n) is 1.55. The number of hydrogen-bond donors (Lipinski definition) is 0. The smallest absolute Gasteiger partial charge is 0.107 e. The molecule has 0 aliphatic heterocycles. The Morgan fingerprint density at radius 1 is 1.29 bits per heavy atom. The molecule has 0 aliphatic rings. The molecule has 0 saturated carbocycles. The third kappa shape index (κ3) is 3.47. The first-order chi connectivity index (χ1) is 8.06. The van der Waals surface area contributed by atoms with Gasteiger partial charge in [0.1, 0.15) is 4.34 Å². The topological polar surface area (TPSA) is 0 Å². The van der Waals surface area contributed by atoms with Crippen molar-refractivity contribution in [3.8, 4) is 0 Å². The second-order valence-electron chi connectivity index (χ2n) is 3.93. The monoisotopic (exact) mass is 348 g/mol. The summed E-state index contributed by atoms with van der Waals surface area (Å²) >= 11 is 17.3. The van der Waals surface area contributed by atoms with Crippen LogP contribution >= 0.6 is 50.5 Å². The molecule has 1 unspecified atom stereocenters. The summed E-state index contributed by atoms with van der Waals surface area (Å²) in [5, 5.41) is -0.0218. The molecule has 4 heteroatoms. The molecule has 0 spiro atoms. The van der Waals surface area contributed by atoms with Gasteiger partial charge in [0.05, 0.1) is 5.38 Å². The Morgan fingerprint density at radius 3 is 2.47 bits per heavy atom. The van der Waals surface area contributed by atoms with Crippen molar-refractivity contribution >= 4 is 50.5 Å². The number of benzene rings is 1. The maximum absolute atomic E-state index is 6.40. The summed E-state index contributed by atoms with van der Waals surface area (Å²) in [6.07, 6.45) is 0.825. The summed E-state index contributed by atoms with van der Waals surface area (Å²) in [5.74, 6) is 0. The van der Waals surface area contributed by atoms with Crippen LogP contribution in [0.15, 0.2) is 34.8 Å². The molecule has 0 nitrogen and oxygen atoms in total. The molecule has 90 valence electrons. The number of thiophene rings is 1. The third-order valence-electron chi connectivity index (χ3n) is 2.51. The van der Waals surface area contributed by atoms with Gasteiger partial charge in [-0.2, -0.15) is 0 Å². The van der Waals surface area contributed by atoms with Crippen LogP contribution in [0.5, 0.6) is 0 Å². The summed E-state index contributed by atoms with van der Waals surface area (Å²) in [5.41, 5.74) is 2.51. The van der Waals surface area contributed by atoms with E-state index in [0.717, 1.165) is 20.1 Å². The van der Waals surface area contributed by atoms with E-state index in [2.05, 4.69) is 47.1 Å². The lowest BCUT2D eigenvalue weighted by molar-refractivity contribution is 0.939. The second-order valence-corrected chi connectivity index (χ2v) is 6.99. The molecule has 1 atom stereocenters. The number of halogens is 3. The molecular formula is C13H11BrCl2S. The highest BCUT2D eigenvalue weighted by Gasteiger charge is 2.14. The van der Waals surface area contributed by atoms with Gasteiger partial charge in [-0.3, -0.25) is 0 Å². The highest BCUT2D eigenvalue weighted by molar-refractivity contribution is 9.10. The summed E-state index contributed by atoms with van der Waals surface area (Å²) in [6, 6.07) is 10.5. The summed E-state index contributed by atoms with van der Waals surface area (Å²) in [6.45, 7) is 2.08. The molecule has 2 rings (SSSR count). The molecular weight excluding hydrogens is 339 g/mol. The van der Waals surface area contributed by atoms with E-state index >= 15 is 0 Å². The van der Waals surface area contributed by atoms with E-state index in [0.29, 0.717) is 0 Å². The minimum Gasteiger partial charge on any atom is -0.126 e. The molecule has 0 saturated heterocycles. The Balaban J connectivity index is 2.11. The zero-order valence-electron chi connectivity index (χ0n) is 9.21. The van der Waals surface area contributed by atoms with E-state index in [1.54, 1.807) is 0 Å². The van der Waals surface area contributed by atoms with Gasteiger partial charge in [0, 0.05) is 9.35 Å². The van der Waals surface area contributed by atoms with Crippen LogP contribution < -0.4 is 0 Å². The van der Waals surface area contributed by atoms with Crippen LogP contribution in [0.2, 0.25) is 4.34 Å². The van der Waals surface area contributed by atoms with Gasteiger partial charge in [-0.05, 0) is 40.9 Å². The molecule has 0 fully saturated rings. The van der Waals surface area contributed by atoms with Crippen LogP contribution in [0.4, 0.5) is 0 Å². The first-order valence-electron chi connectivity index (χ1n) is 5.20. The van der Waals surface area contributed by atoms with E-state index in [9.17, 15) is 0 Å². The third-order valence-corrected chi connectivity index (χ3v) is 5.62. The normalized spacial score (nSPS) is 12.7. The van der Waals surface area contributed by atoms with Crippen molar-refractivity contribution in [1.82, 2.24) is 0 Å². The van der Waals surface area contributed by atoms with Crippen LogP contribution in [0.25, 0.3) is 0 Å². The molecule has 1 heterocycles. The molecule has 17 heavy (non-hydrogen) atoms. The summed E-state index contributed by atoms with van der Waals surface area (Å²) in [4.78, 5) is 1.10. The van der Waals surface area contributed by atoms with Gasteiger partial charge >= 0.3 is 0 Å². The van der Waals surface area contributed by atoms with Crippen molar-refractivity contribution in [2.24, 2.45) is 0 Å². The minimum atomic E-state index is -0.0218. The van der Waals surface area contributed by atoms with Gasteiger partial charge in [0.15, 0.2) is 0 Å². The molecule has 0 aliphatic carbocycles. The fraction of sp³-hybridized carbons (Fsp3) is 0.231. The highest BCUT2D eigenvalue weighted by Crippen LogP contribution is 2.38. The Hall–Kier alpha value is -0.0200. The quantitative estimate of drug-likeness (QED) is 0.596. The van der Waals surface area contributed by atoms with Crippen LogP contribution in [0.3, 0.4) is 0 Å². The van der Waals surface area contributed by atoms with Crippen LogP contribution in [-0.4, -0.2) is 0 Å². The van der Waals surface area contributed by atoms with Gasteiger partial charge in [-0.25, -0.2) is 0 Å². The lowest BCUT2D eigenvalue weighted by atomic mass is 10.1. The number of alkyl halides is 1. The van der Waals surface area contributed by atoms with Crippen molar-refractivity contribution in [3.05, 3.63) is 55.1 Å². The molecule has 2 aromatic rings. The first kappa shape index (κ1) is 13.4. The van der Waals surface area contributed by atoms with Crippen molar-refractivity contribution < 1.29 is 0 Å². The van der Waals surface area contributed by atoms with E-state index in [1.807, 2.05) is 6.07 Å². The Bertz CT molecular complexity index is 485. The number of aryl methyl sites for hydroxylation is 1. The molecule has 1 aromatic heterocycles. The fourth-order valence-corrected chi connectivity index (χ4v) is 3.64. The largest absolute Gasteiger partial charge is 0.126 e. The number of hydrogen-bond acceptors (Lipinski definition) is 1. The molecule has 0 radical (unpaired) electrons. The van der Waals surface area contributed by atoms with Crippen molar-refractivity contribution in [2.75, 3.05) is 0 Å². The SMILES string of the molecule is Cc1ccc(CC(Cl)c2cc(Br)c(Cl)s2)cc1. The molecule has 0 N–H and O–H groups in total. The van der Waals surface area contributed by atoms with Gasteiger partial charge in [-0.1, -0.05) is 41.4 Å². The maximum atomic E-state index is 6.40. The molecule has 0 amide bonds. The van der Waals surface area contributed by atoms with Gasteiger partial charge in [0.25, 0.3) is 0 Å². The Kier molecular flexibility index (Phi) is 4.53. The summed E-state index contributed by atoms with van der Waals surface area (Å²) < 4.78 is 1.68. The van der Waals surface area contributed by atoms with E-state index in [1.165, 1.54) is 22.5 Å². The van der Waals surface area contributed by atoms with E-state index in [4.69, 9.17) is 23.2 Å². The zero-order chi connectivity index (χ0) is 12.4. The maximum Gasteiger partial charge on any atom is 0.107 e. The summed E-state index contributed by atoms with van der Waals surface area (Å²) in [7, 11) is 0. The second kappa shape index (κ2) is 5.75. The zero-order valence-corrected chi connectivity index (χ0v) is 13.1. The predicted molar refractivity (Wildman–Crippen MR) is 80.5 cm³/mol. The van der Waals surface area contributed by atoms with Crippen LogP contribution in [0, 0.1) is 6.92 Å². The highest BCUT2D eigenvalue weighted by atomic mass is 79.9. The van der Waals surface area contributed by atoms with Gasteiger partial charge < -0.3 is 0 Å². The lowest BCUT2D eigenvalue weighted by Gasteiger charge is -2.07. The number of rotatable bonds is 3. The molecule has 1 aromatic carbocycles. The van der Waals surface area contributed by atoms with Crippen LogP contribution in [0.1, 0.15) is 21.4 Å². The van der Waals surface area contributed by atoms with Crippen molar-refractivity contribution in [1.29, 1.82) is 0 Å². The minimum absolute atomic E-state index is 0.0218. The lowest BCUT2D eigenvalue weighted by Crippen LogP contribution is -1.93. The Labute approximate surface area is 124 Å². The van der Waals surface area contributed by atoms with Crippen molar-refractivity contribution in [2.45, 2.75) is 18.7 Å². The first-order valence-corrected chi connectivity index (χ1v) is 7.63. The average molecular weight is 350 g/mol. The van der Waals surface area contributed by atoms with E-state index in [-0.39, 0.29) is 5.38 Å². The van der Waals surface area contributed by atoms with E-state index < -0.39 is 0 Å². The van der Waals surface area contributed by atoms with Gasteiger partial charge in [0.2, 0.25) is 0 Å². The average Bonchev–Trinajstić information content (AvgIpc) is 2.63.